The van der Waals surface area contributed by atoms with Crippen LogP contribution in [0.3, 0.4) is 0 Å². The number of methoxy groups -OCH3 is 1. The van der Waals surface area contributed by atoms with E-state index in [4.69, 9.17) is 4.74 Å². The van der Waals surface area contributed by atoms with Crippen LogP contribution in [-0.4, -0.2) is 42.4 Å². The molecule has 0 aliphatic rings. The average molecular weight is 300 g/mol. The van der Waals surface area contributed by atoms with E-state index in [1.807, 2.05) is 13.8 Å². The maximum absolute atomic E-state index is 11.3. The summed E-state index contributed by atoms with van der Waals surface area (Å²) in [6, 6.07) is 0.304. The van der Waals surface area contributed by atoms with Gasteiger partial charge in [0.05, 0.1) is 12.3 Å². The summed E-state index contributed by atoms with van der Waals surface area (Å²) in [6.45, 7) is 9.48. The molecule has 20 heavy (non-hydrogen) atoms. The van der Waals surface area contributed by atoms with Gasteiger partial charge in [0.2, 0.25) is 0 Å². The Balaban J connectivity index is 3.13. The van der Waals surface area contributed by atoms with Crippen LogP contribution in [0.5, 0.6) is 0 Å². The molecule has 5 nitrogen and oxygen atoms in total. The van der Waals surface area contributed by atoms with Crippen LogP contribution in [0.25, 0.3) is 0 Å². The molecule has 1 rings (SSSR count). The number of rotatable bonds is 8. The number of hydrogen-bond acceptors (Lipinski definition) is 5. The van der Waals surface area contributed by atoms with Crippen molar-refractivity contribution in [1.29, 1.82) is 0 Å². The maximum Gasteiger partial charge on any atom is 0.347 e. The molecule has 1 heterocycles. The lowest BCUT2D eigenvalue weighted by Crippen LogP contribution is -2.35. The van der Waals surface area contributed by atoms with Crippen molar-refractivity contribution in [3.05, 3.63) is 10.6 Å². The molecule has 1 aromatic heterocycles. The third-order valence-electron chi connectivity index (χ3n) is 3.29. The van der Waals surface area contributed by atoms with Gasteiger partial charge in [0.25, 0.3) is 0 Å². The van der Waals surface area contributed by atoms with Crippen molar-refractivity contribution >= 4 is 22.4 Å². The SMILES string of the molecule is CCC(C)N(CCOC)c1nc(C(C)C)c(C(=O)O)s1. The van der Waals surface area contributed by atoms with Gasteiger partial charge >= 0.3 is 5.97 Å². The van der Waals surface area contributed by atoms with E-state index < -0.39 is 5.97 Å². The first-order valence-corrected chi connectivity index (χ1v) is 7.73. The van der Waals surface area contributed by atoms with Crippen molar-refractivity contribution in [2.75, 3.05) is 25.2 Å². The molecule has 0 aromatic carbocycles. The van der Waals surface area contributed by atoms with Crippen molar-refractivity contribution in [3.8, 4) is 0 Å². The monoisotopic (exact) mass is 300 g/mol. The summed E-state index contributed by atoms with van der Waals surface area (Å²) in [7, 11) is 1.67. The summed E-state index contributed by atoms with van der Waals surface area (Å²) in [4.78, 5) is 18.4. The number of ether oxygens (including phenoxy) is 1. The number of anilines is 1. The molecular weight excluding hydrogens is 276 g/mol. The molecule has 0 amide bonds. The number of carboxylic acid groups (broad SMARTS) is 1. The van der Waals surface area contributed by atoms with Crippen LogP contribution < -0.4 is 4.90 Å². The first kappa shape index (κ1) is 16.9. The van der Waals surface area contributed by atoms with E-state index in [1.54, 1.807) is 7.11 Å². The van der Waals surface area contributed by atoms with Crippen molar-refractivity contribution in [2.24, 2.45) is 0 Å². The molecule has 1 atom stereocenters. The fourth-order valence-electron chi connectivity index (χ4n) is 1.90. The smallest absolute Gasteiger partial charge is 0.347 e. The highest BCUT2D eigenvalue weighted by Gasteiger charge is 2.24. The van der Waals surface area contributed by atoms with Crippen LogP contribution in [0.1, 0.15) is 55.4 Å². The Morgan fingerprint density at radius 3 is 2.50 bits per heavy atom. The zero-order valence-corrected chi connectivity index (χ0v) is 13.7. The van der Waals surface area contributed by atoms with Gasteiger partial charge in [-0.2, -0.15) is 0 Å². The minimum Gasteiger partial charge on any atom is -0.477 e. The molecule has 0 saturated heterocycles. The molecule has 0 fully saturated rings. The lowest BCUT2D eigenvalue weighted by Gasteiger charge is -2.27. The Bertz CT molecular complexity index is 446. The van der Waals surface area contributed by atoms with Crippen molar-refractivity contribution < 1.29 is 14.6 Å². The molecule has 1 unspecified atom stereocenters. The highest BCUT2D eigenvalue weighted by Crippen LogP contribution is 2.32. The van der Waals surface area contributed by atoms with Gasteiger partial charge in [-0.15, -0.1) is 0 Å². The first-order valence-electron chi connectivity index (χ1n) is 6.91. The Kier molecular flexibility index (Phi) is 6.42. The molecule has 0 saturated carbocycles. The first-order chi connectivity index (χ1) is 9.42. The van der Waals surface area contributed by atoms with E-state index in [-0.39, 0.29) is 5.92 Å². The van der Waals surface area contributed by atoms with Gasteiger partial charge in [0.15, 0.2) is 5.13 Å². The predicted octanol–water partition coefficient (Wildman–Crippen LogP) is 3.22. The molecule has 0 spiro atoms. The number of aromatic nitrogens is 1. The third kappa shape index (κ3) is 3.93. The van der Waals surface area contributed by atoms with E-state index in [0.29, 0.717) is 23.2 Å². The van der Waals surface area contributed by atoms with E-state index in [2.05, 4.69) is 23.7 Å². The highest BCUT2D eigenvalue weighted by atomic mass is 32.1. The summed E-state index contributed by atoms with van der Waals surface area (Å²) in [6.07, 6.45) is 0.975. The van der Waals surface area contributed by atoms with E-state index in [1.165, 1.54) is 11.3 Å². The number of hydrogen-bond donors (Lipinski definition) is 1. The lowest BCUT2D eigenvalue weighted by atomic mass is 10.1. The summed E-state index contributed by atoms with van der Waals surface area (Å²) in [5, 5.41) is 10.1. The summed E-state index contributed by atoms with van der Waals surface area (Å²) in [5.41, 5.74) is 0.670. The second-order valence-corrected chi connectivity index (χ2v) is 6.09. The number of thiazole rings is 1. The minimum atomic E-state index is -0.895. The Morgan fingerprint density at radius 2 is 2.10 bits per heavy atom. The maximum atomic E-state index is 11.3. The molecule has 114 valence electrons. The molecule has 0 bridgehead atoms. The van der Waals surface area contributed by atoms with Crippen LogP contribution in [-0.2, 0) is 4.74 Å². The third-order valence-corrected chi connectivity index (χ3v) is 4.38. The summed E-state index contributed by atoms with van der Waals surface area (Å²) in [5.74, 6) is -0.791. The lowest BCUT2D eigenvalue weighted by molar-refractivity contribution is 0.0700. The second-order valence-electron chi connectivity index (χ2n) is 5.11. The van der Waals surface area contributed by atoms with Gasteiger partial charge in [-0.05, 0) is 19.3 Å². The van der Waals surface area contributed by atoms with Gasteiger partial charge in [0, 0.05) is 19.7 Å². The Morgan fingerprint density at radius 1 is 1.45 bits per heavy atom. The molecule has 6 heteroatoms. The summed E-state index contributed by atoms with van der Waals surface area (Å²) < 4.78 is 5.14. The van der Waals surface area contributed by atoms with Crippen LogP contribution in [0.15, 0.2) is 0 Å². The molecule has 1 N–H and O–H groups in total. The summed E-state index contributed by atoms with van der Waals surface area (Å²) >= 11 is 1.26. The normalized spacial score (nSPS) is 12.7. The zero-order chi connectivity index (χ0) is 15.3. The zero-order valence-electron chi connectivity index (χ0n) is 12.8. The van der Waals surface area contributed by atoms with Crippen molar-refractivity contribution in [1.82, 2.24) is 4.98 Å². The topological polar surface area (TPSA) is 62.7 Å². The Hall–Kier alpha value is -1.14. The highest BCUT2D eigenvalue weighted by molar-refractivity contribution is 7.17. The van der Waals surface area contributed by atoms with Crippen LogP contribution in [0, 0.1) is 0 Å². The fraction of sp³-hybridized carbons (Fsp3) is 0.714. The number of carbonyl (C=O) groups is 1. The average Bonchev–Trinajstić information content (AvgIpc) is 2.84. The van der Waals surface area contributed by atoms with Crippen LogP contribution >= 0.6 is 11.3 Å². The Labute approximate surface area is 124 Å². The van der Waals surface area contributed by atoms with Gasteiger partial charge in [-0.3, -0.25) is 0 Å². The second kappa shape index (κ2) is 7.59. The van der Waals surface area contributed by atoms with Gasteiger partial charge in [0.1, 0.15) is 4.88 Å². The molecule has 0 aliphatic heterocycles. The van der Waals surface area contributed by atoms with Crippen molar-refractivity contribution in [3.63, 3.8) is 0 Å². The van der Waals surface area contributed by atoms with Gasteiger partial charge < -0.3 is 14.7 Å². The molecular formula is C14H24N2O3S. The standard InChI is InChI=1S/C14H24N2O3S/c1-6-10(4)16(7-8-19-5)14-15-11(9(2)3)12(20-14)13(17)18/h9-10H,6-8H2,1-5H3,(H,17,18). The quantitative estimate of drug-likeness (QED) is 0.798. The van der Waals surface area contributed by atoms with Crippen LogP contribution in [0.2, 0.25) is 0 Å². The number of nitrogens with zero attached hydrogens (tertiary/aromatic N) is 2. The van der Waals surface area contributed by atoms with Crippen molar-refractivity contribution in [2.45, 2.75) is 46.1 Å². The minimum absolute atomic E-state index is 0.104. The van der Waals surface area contributed by atoms with E-state index in [9.17, 15) is 9.90 Å². The molecule has 0 radical (unpaired) electrons. The fourth-order valence-corrected chi connectivity index (χ4v) is 3.09. The number of carboxylic acids is 1. The molecule has 1 aromatic rings. The van der Waals surface area contributed by atoms with Crippen LogP contribution in [0.4, 0.5) is 5.13 Å². The predicted molar refractivity (Wildman–Crippen MR) is 82.1 cm³/mol. The largest absolute Gasteiger partial charge is 0.477 e. The number of aromatic carboxylic acids is 1. The van der Waals surface area contributed by atoms with Gasteiger partial charge in [-0.1, -0.05) is 32.1 Å². The molecule has 0 aliphatic carbocycles. The van der Waals surface area contributed by atoms with Gasteiger partial charge in [-0.25, -0.2) is 9.78 Å². The van der Waals surface area contributed by atoms with E-state index in [0.717, 1.165) is 18.1 Å². The van der Waals surface area contributed by atoms with E-state index >= 15 is 0 Å².